The number of fused-ring (bicyclic) bond motifs is 3. The zero-order valence-electron chi connectivity index (χ0n) is 12.5. The largest absolute Gasteiger partial charge is 0.284 e. The number of rotatable bonds is 1. The van der Waals surface area contributed by atoms with Crippen LogP contribution in [-0.2, 0) is 13.6 Å². The minimum Gasteiger partial charge on any atom is -0.284 e. The summed E-state index contributed by atoms with van der Waals surface area (Å²) in [5, 5.41) is 1.95. The summed E-state index contributed by atoms with van der Waals surface area (Å²) in [5.74, 6) is -0.150. The molecule has 0 saturated heterocycles. The molecule has 4 rings (SSSR count). The van der Waals surface area contributed by atoms with Gasteiger partial charge in [0.25, 0.3) is 0 Å². The Morgan fingerprint density at radius 1 is 1.00 bits per heavy atom. The molecular formula is C18H15N2O2+. The highest BCUT2D eigenvalue weighted by atomic mass is 16.1. The van der Waals surface area contributed by atoms with Gasteiger partial charge in [0.1, 0.15) is 0 Å². The lowest BCUT2D eigenvalue weighted by Crippen LogP contribution is -2.36. The zero-order valence-corrected chi connectivity index (χ0v) is 12.5. The van der Waals surface area contributed by atoms with Gasteiger partial charge in [-0.15, -0.1) is 0 Å². The van der Waals surface area contributed by atoms with Crippen LogP contribution in [0.15, 0.2) is 42.7 Å². The van der Waals surface area contributed by atoms with Crippen molar-refractivity contribution < 1.29 is 14.2 Å². The van der Waals surface area contributed by atoms with E-state index >= 15 is 0 Å². The maximum Gasteiger partial charge on any atom is 0.244 e. The summed E-state index contributed by atoms with van der Waals surface area (Å²) in [4.78, 5) is 25.8. The highest BCUT2D eigenvalue weighted by Crippen LogP contribution is 2.29. The quantitative estimate of drug-likeness (QED) is 0.505. The minimum atomic E-state index is -0.0787. The second-order valence-corrected chi connectivity index (χ2v) is 5.61. The van der Waals surface area contributed by atoms with Crippen LogP contribution in [0, 0.1) is 0 Å². The summed E-state index contributed by atoms with van der Waals surface area (Å²) in [6.45, 7) is 2.62. The van der Waals surface area contributed by atoms with Gasteiger partial charge in [0, 0.05) is 11.1 Å². The summed E-state index contributed by atoms with van der Waals surface area (Å²) in [7, 11) is 1.81. The molecule has 2 aromatic carbocycles. The summed E-state index contributed by atoms with van der Waals surface area (Å²) in [6.07, 6.45) is 1.81. The molecule has 3 aromatic rings. The molecule has 1 heterocycles. The Bertz CT molecular complexity index is 967. The summed E-state index contributed by atoms with van der Waals surface area (Å²) in [6, 6.07) is 11.5. The fourth-order valence-corrected chi connectivity index (χ4v) is 3.24. The lowest BCUT2D eigenvalue weighted by molar-refractivity contribution is -0.672. The number of carbonyl (C=O) groups excluding carboxylic acids is 2. The highest BCUT2D eigenvalue weighted by Gasteiger charge is 2.40. The number of aromatic nitrogens is 2. The third kappa shape index (κ3) is 1.55. The Labute approximate surface area is 127 Å². The predicted molar refractivity (Wildman–Crippen MR) is 82.1 cm³/mol. The van der Waals surface area contributed by atoms with Crippen molar-refractivity contribution >= 4 is 22.3 Å². The van der Waals surface area contributed by atoms with E-state index in [4.69, 9.17) is 0 Å². The molecule has 0 bridgehead atoms. The molecule has 22 heavy (non-hydrogen) atoms. The fraction of sp³-hybridized carbons (Fsp3) is 0.167. The molecule has 1 aromatic heterocycles. The van der Waals surface area contributed by atoms with Crippen molar-refractivity contribution in [2.75, 3.05) is 0 Å². The predicted octanol–water partition coefficient (Wildman–Crippen LogP) is 2.26. The van der Waals surface area contributed by atoms with Crippen molar-refractivity contribution in [2.24, 2.45) is 7.05 Å². The number of aryl methyl sites for hydroxylation is 2. The van der Waals surface area contributed by atoms with Gasteiger partial charge >= 0.3 is 0 Å². The molecule has 0 unspecified atom stereocenters. The maximum absolute atomic E-state index is 12.9. The van der Waals surface area contributed by atoms with Gasteiger partial charge < -0.3 is 0 Å². The molecule has 0 N–H and O–H groups in total. The van der Waals surface area contributed by atoms with E-state index in [0.717, 1.165) is 10.8 Å². The number of imidazole rings is 1. The number of hydrogen-bond donors (Lipinski definition) is 0. The van der Waals surface area contributed by atoms with Gasteiger partial charge in [-0.1, -0.05) is 24.3 Å². The molecule has 0 spiro atoms. The highest BCUT2D eigenvalue weighted by molar-refractivity contribution is 6.27. The Morgan fingerprint density at radius 2 is 1.59 bits per heavy atom. The normalized spacial score (nSPS) is 13.4. The molecule has 108 valence electrons. The van der Waals surface area contributed by atoms with Crippen LogP contribution in [0.2, 0.25) is 0 Å². The van der Waals surface area contributed by atoms with E-state index in [9.17, 15) is 9.59 Å². The van der Waals surface area contributed by atoms with Crippen molar-refractivity contribution in [1.29, 1.82) is 0 Å². The van der Waals surface area contributed by atoms with Crippen LogP contribution in [0.1, 0.15) is 39.0 Å². The smallest absolute Gasteiger partial charge is 0.244 e. The first-order valence-corrected chi connectivity index (χ1v) is 7.32. The number of nitrogens with zero attached hydrogens (tertiary/aromatic N) is 2. The number of carbonyl (C=O) groups is 2. The van der Waals surface area contributed by atoms with E-state index in [1.807, 2.05) is 61.3 Å². The Kier molecular flexibility index (Phi) is 2.57. The molecular weight excluding hydrogens is 276 g/mol. The number of ketones is 2. The topological polar surface area (TPSA) is 43.0 Å². The first kappa shape index (κ1) is 13.0. The maximum atomic E-state index is 12.9. The van der Waals surface area contributed by atoms with E-state index in [-0.39, 0.29) is 11.6 Å². The van der Waals surface area contributed by atoms with Gasteiger partial charge in [-0.25, -0.2) is 9.13 Å². The van der Waals surface area contributed by atoms with Crippen LogP contribution in [-0.4, -0.2) is 16.1 Å². The summed E-state index contributed by atoms with van der Waals surface area (Å²) < 4.78 is 3.59. The molecule has 0 fully saturated rings. The third-order valence-electron chi connectivity index (χ3n) is 4.32. The van der Waals surface area contributed by atoms with Crippen LogP contribution in [0.3, 0.4) is 0 Å². The molecule has 0 aliphatic heterocycles. The first-order chi connectivity index (χ1) is 10.6. The van der Waals surface area contributed by atoms with Crippen molar-refractivity contribution in [1.82, 2.24) is 4.57 Å². The Morgan fingerprint density at radius 3 is 2.18 bits per heavy atom. The third-order valence-corrected chi connectivity index (χ3v) is 4.32. The van der Waals surface area contributed by atoms with Crippen molar-refractivity contribution in [2.45, 2.75) is 13.5 Å². The number of hydrogen-bond acceptors (Lipinski definition) is 2. The van der Waals surface area contributed by atoms with Gasteiger partial charge in [0.05, 0.1) is 13.6 Å². The molecule has 4 nitrogen and oxygen atoms in total. The van der Waals surface area contributed by atoms with E-state index in [2.05, 4.69) is 0 Å². The Hall–Kier alpha value is -2.75. The van der Waals surface area contributed by atoms with Crippen LogP contribution in [0.4, 0.5) is 0 Å². The van der Waals surface area contributed by atoms with Gasteiger partial charge in [-0.3, -0.25) is 9.59 Å². The zero-order chi connectivity index (χ0) is 15.4. The molecule has 0 amide bonds. The fourth-order valence-electron chi connectivity index (χ4n) is 3.24. The van der Waals surface area contributed by atoms with Crippen molar-refractivity contribution in [3.8, 4) is 0 Å². The SMILES string of the molecule is CCn1c[n+](C)c2c1C(=O)c1cc3ccccc3cc1C2=O. The number of benzene rings is 2. The van der Waals surface area contributed by atoms with E-state index in [1.54, 1.807) is 4.57 Å². The second-order valence-electron chi connectivity index (χ2n) is 5.61. The molecule has 0 radical (unpaired) electrons. The molecule has 1 aliphatic carbocycles. The summed E-state index contributed by atoms with van der Waals surface area (Å²) in [5.41, 5.74) is 1.98. The summed E-state index contributed by atoms with van der Waals surface area (Å²) >= 11 is 0. The average Bonchev–Trinajstić information content (AvgIpc) is 2.88. The van der Waals surface area contributed by atoms with Crippen LogP contribution >= 0.6 is 0 Å². The van der Waals surface area contributed by atoms with Crippen LogP contribution < -0.4 is 4.57 Å². The minimum absolute atomic E-state index is 0.0715. The Balaban J connectivity index is 2.07. The van der Waals surface area contributed by atoms with E-state index < -0.39 is 0 Å². The molecule has 4 heteroatoms. The monoisotopic (exact) mass is 291 g/mol. The van der Waals surface area contributed by atoms with Gasteiger partial charge in [-0.2, -0.15) is 0 Å². The van der Waals surface area contributed by atoms with Gasteiger partial charge in [-0.05, 0) is 29.8 Å². The van der Waals surface area contributed by atoms with E-state index in [1.165, 1.54) is 0 Å². The molecule has 0 atom stereocenters. The van der Waals surface area contributed by atoms with Gasteiger partial charge in [0.2, 0.25) is 29.3 Å². The van der Waals surface area contributed by atoms with Crippen LogP contribution in [0.5, 0.6) is 0 Å². The van der Waals surface area contributed by atoms with Crippen molar-refractivity contribution in [3.63, 3.8) is 0 Å². The standard InChI is InChI=1S/C18H15N2O2/c1-3-20-10-19(2)15-16(20)18(22)14-9-12-7-5-4-6-11(12)8-13(14)17(15)21/h4-10H,3H2,1-2H3/q+1. The lowest BCUT2D eigenvalue weighted by Gasteiger charge is -2.13. The van der Waals surface area contributed by atoms with E-state index in [0.29, 0.717) is 29.1 Å². The molecule has 0 saturated carbocycles. The van der Waals surface area contributed by atoms with Gasteiger partial charge in [0.15, 0.2) is 0 Å². The average molecular weight is 291 g/mol. The first-order valence-electron chi connectivity index (χ1n) is 7.32. The molecule has 1 aliphatic rings. The second kappa shape index (κ2) is 4.37. The van der Waals surface area contributed by atoms with Crippen molar-refractivity contribution in [3.05, 3.63) is 65.2 Å². The van der Waals surface area contributed by atoms with Crippen LogP contribution in [0.25, 0.3) is 10.8 Å². The lowest BCUT2D eigenvalue weighted by atomic mass is 9.87.